The van der Waals surface area contributed by atoms with Gasteiger partial charge in [-0.25, -0.2) is 4.79 Å². The second kappa shape index (κ2) is 13.3. The van der Waals surface area contributed by atoms with Gasteiger partial charge in [-0.1, -0.05) is 0 Å². The molecule has 1 heterocycles. The topological polar surface area (TPSA) is 108 Å². The van der Waals surface area contributed by atoms with E-state index in [0.29, 0.717) is 6.61 Å². The van der Waals surface area contributed by atoms with E-state index in [9.17, 15) is 4.79 Å². The molecule has 1 saturated heterocycles. The van der Waals surface area contributed by atoms with Crippen LogP contribution < -0.4 is 5.73 Å². The number of ether oxygens (including phenoxy) is 2. The Morgan fingerprint density at radius 1 is 0.821 bits per heavy atom. The van der Waals surface area contributed by atoms with Crippen molar-refractivity contribution in [1.29, 1.82) is 0 Å². The van der Waals surface area contributed by atoms with Crippen LogP contribution in [0.1, 0.15) is 6.42 Å². The molecule has 0 aromatic carbocycles. The molecule has 0 aromatic heterocycles. The minimum Gasteiger partial charge on any atom is -0.516 e. The summed E-state index contributed by atoms with van der Waals surface area (Å²) in [5.41, 5.74) is 6.97. The van der Waals surface area contributed by atoms with E-state index >= 15 is 0 Å². The van der Waals surface area contributed by atoms with Crippen LogP contribution in [0.2, 0.25) is 98.2 Å². The third-order valence-electron chi connectivity index (χ3n) is 5.51. The summed E-state index contributed by atoms with van der Waals surface area (Å²) in [4.78, 5) is 13.7. The van der Waals surface area contributed by atoms with Gasteiger partial charge in [0.2, 0.25) is 8.32 Å². The SMILES string of the molecule is COC1(C(=O)O[Si](C)(C)C)CC(O[Si](C)(C)C)C(N)C(C(O[Si](C)(C)C)C(CO[Si](C)(C)C)O[Si](C)(C)C)O1. The van der Waals surface area contributed by atoms with Gasteiger partial charge in [0.05, 0.1) is 24.9 Å². The summed E-state index contributed by atoms with van der Waals surface area (Å²) in [7, 11) is -8.96. The standard InChI is InChI=1S/C25H59NO8Si5/c1-28-25(24(27)34-39(14,15)16)17-19(31-36(5,6)7)21(26)23(30-25)22(33-38(11,12)13)20(32-37(8,9)10)18-29-35(2,3)4/h19-23H,17-18,26H2,1-16H3. The van der Waals surface area contributed by atoms with Crippen LogP contribution in [0.25, 0.3) is 0 Å². The zero-order valence-electron chi connectivity index (χ0n) is 27.6. The highest BCUT2D eigenvalue weighted by molar-refractivity contribution is 6.71. The molecule has 6 atom stereocenters. The molecule has 0 saturated carbocycles. The van der Waals surface area contributed by atoms with E-state index in [1.807, 2.05) is 19.6 Å². The van der Waals surface area contributed by atoms with Crippen LogP contribution >= 0.6 is 0 Å². The maximum absolute atomic E-state index is 13.7. The van der Waals surface area contributed by atoms with E-state index in [0.717, 1.165) is 0 Å². The minimum absolute atomic E-state index is 0.138. The van der Waals surface area contributed by atoms with Gasteiger partial charge in [0.25, 0.3) is 5.79 Å². The van der Waals surface area contributed by atoms with Gasteiger partial charge in [-0.15, -0.1) is 0 Å². The number of methoxy groups -OCH3 is 1. The summed E-state index contributed by atoms with van der Waals surface area (Å²) in [5.74, 6) is -2.21. The highest BCUT2D eigenvalue weighted by Crippen LogP contribution is 2.38. The lowest BCUT2D eigenvalue weighted by molar-refractivity contribution is -0.297. The Morgan fingerprint density at radius 2 is 1.33 bits per heavy atom. The summed E-state index contributed by atoms with van der Waals surface area (Å²) >= 11 is 0. The van der Waals surface area contributed by atoms with Crippen LogP contribution in [0.15, 0.2) is 0 Å². The molecule has 9 nitrogen and oxygen atoms in total. The summed E-state index contributed by atoms with van der Waals surface area (Å²) in [6.07, 6.45) is -2.16. The van der Waals surface area contributed by atoms with Crippen molar-refractivity contribution in [3.8, 4) is 0 Å². The van der Waals surface area contributed by atoms with Gasteiger partial charge < -0.3 is 37.3 Å². The highest BCUT2D eigenvalue weighted by Gasteiger charge is 2.57. The van der Waals surface area contributed by atoms with Crippen LogP contribution in [0.5, 0.6) is 0 Å². The molecule has 39 heavy (non-hydrogen) atoms. The molecule has 2 N–H and O–H groups in total. The molecule has 1 aliphatic heterocycles. The van der Waals surface area contributed by atoms with Crippen molar-refractivity contribution < 1.29 is 36.4 Å². The first-order valence-corrected chi connectivity index (χ1v) is 31.1. The first-order valence-electron chi connectivity index (χ1n) is 14.1. The normalized spacial score (nSPS) is 27.3. The van der Waals surface area contributed by atoms with Crippen LogP contribution in [0, 0.1) is 0 Å². The molecular formula is C25H59NO8Si5. The highest BCUT2D eigenvalue weighted by atomic mass is 28.4. The quantitative estimate of drug-likeness (QED) is 0.252. The lowest BCUT2D eigenvalue weighted by atomic mass is 9.89. The van der Waals surface area contributed by atoms with Crippen LogP contribution in [0.3, 0.4) is 0 Å². The van der Waals surface area contributed by atoms with Gasteiger partial charge in [0.15, 0.2) is 33.3 Å². The van der Waals surface area contributed by atoms with E-state index in [4.69, 9.17) is 37.3 Å². The minimum atomic E-state index is -2.26. The Morgan fingerprint density at radius 3 is 1.72 bits per heavy atom. The predicted molar refractivity (Wildman–Crippen MR) is 171 cm³/mol. The molecule has 0 radical (unpaired) electrons. The first kappa shape index (κ1) is 37.3. The first-order chi connectivity index (χ1) is 17.2. The van der Waals surface area contributed by atoms with Crippen LogP contribution in [0.4, 0.5) is 0 Å². The molecule has 14 heteroatoms. The molecule has 232 valence electrons. The Balaban J connectivity index is 3.74. The Hall–Kier alpha value is 0.274. The van der Waals surface area contributed by atoms with Gasteiger partial charge in [-0.2, -0.15) is 0 Å². The fraction of sp³-hybridized carbons (Fsp3) is 0.960. The maximum atomic E-state index is 13.7. The van der Waals surface area contributed by atoms with Gasteiger partial charge >= 0.3 is 5.97 Å². The van der Waals surface area contributed by atoms with Crippen molar-refractivity contribution >= 4 is 47.6 Å². The molecule has 0 aliphatic carbocycles. The summed E-state index contributed by atoms with van der Waals surface area (Å²) in [5, 5.41) is 0. The molecule has 1 aliphatic rings. The number of rotatable bonds is 14. The van der Waals surface area contributed by atoms with Gasteiger partial charge in [0, 0.05) is 13.5 Å². The molecular weight excluding hydrogens is 583 g/mol. The molecule has 0 spiro atoms. The van der Waals surface area contributed by atoms with Crippen LogP contribution in [-0.2, 0) is 36.4 Å². The number of carbonyl (C=O) groups is 1. The molecule has 0 amide bonds. The Labute approximate surface area is 243 Å². The molecule has 0 aromatic rings. The van der Waals surface area contributed by atoms with Crippen LogP contribution in [-0.4, -0.2) is 97.5 Å². The van der Waals surface area contributed by atoms with E-state index in [1.54, 1.807) is 0 Å². The largest absolute Gasteiger partial charge is 0.516 e. The third kappa shape index (κ3) is 13.4. The molecule has 0 bridgehead atoms. The summed E-state index contributed by atoms with van der Waals surface area (Å²) < 4.78 is 45.0. The van der Waals surface area contributed by atoms with Crippen molar-refractivity contribution in [2.75, 3.05) is 13.7 Å². The second-order valence-electron chi connectivity index (χ2n) is 15.5. The summed E-state index contributed by atoms with van der Waals surface area (Å²) in [6, 6.07) is -0.583. The van der Waals surface area contributed by atoms with Crippen molar-refractivity contribution in [3.05, 3.63) is 0 Å². The number of hydrogen-bond donors (Lipinski definition) is 1. The van der Waals surface area contributed by atoms with Gasteiger partial charge in [-0.3, -0.25) is 0 Å². The Kier molecular flexibility index (Phi) is 12.7. The fourth-order valence-corrected chi connectivity index (χ4v) is 9.00. The Bertz CT molecular complexity index is 801. The lowest BCUT2D eigenvalue weighted by Gasteiger charge is -2.51. The molecule has 1 fully saturated rings. The van der Waals surface area contributed by atoms with Crippen molar-refractivity contribution in [2.45, 2.75) is 141 Å². The van der Waals surface area contributed by atoms with Crippen molar-refractivity contribution in [1.82, 2.24) is 0 Å². The zero-order valence-corrected chi connectivity index (χ0v) is 32.6. The van der Waals surface area contributed by atoms with E-state index in [-0.39, 0.29) is 6.42 Å². The average Bonchev–Trinajstić information content (AvgIpc) is 2.66. The van der Waals surface area contributed by atoms with E-state index < -0.39 is 83.8 Å². The van der Waals surface area contributed by atoms with Gasteiger partial charge in [0.1, 0.15) is 12.2 Å². The molecule has 6 unspecified atom stereocenters. The fourth-order valence-electron chi connectivity index (χ4n) is 4.27. The van der Waals surface area contributed by atoms with E-state index in [1.165, 1.54) is 7.11 Å². The number of hydrogen-bond acceptors (Lipinski definition) is 9. The van der Waals surface area contributed by atoms with Crippen molar-refractivity contribution in [3.63, 3.8) is 0 Å². The monoisotopic (exact) mass is 641 g/mol. The van der Waals surface area contributed by atoms with Gasteiger partial charge in [-0.05, 0) is 98.2 Å². The van der Waals surface area contributed by atoms with E-state index in [2.05, 4.69) is 78.6 Å². The predicted octanol–water partition coefficient (Wildman–Crippen LogP) is 5.34. The number of carbonyl (C=O) groups excluding carboxylic acids is 1. The summed E-state index contributed by atoms with van der Waals surface area (Å²) in [6.45, 7) is 31.8. The number of nitrogens with two attached hydrogens (primary N) is 1. The molecule has 1 rings (SSSR count). The average molecular weight is 642 g/mol. The lowest BCUT2D eigenvalue weighted by Crippen LogP contribution is -2.69. The zero-order chi connectivity index (χ0) is 30.8. The third-order valence-corrected chi connectivity index (χ3v) is 10.3. The smallest absolute Gasteiger partial charge is 0.353 e. The second-order valence-corrected chi connectivity index (χ2v) is 37.8. The maximum Gasteiger partial charge on any atom is 0.353 e. The van der Waals surface area contributed by atoms with Crippen molar-refractivity contribution in [2.24, 2.45) is 5.73 Å².